The molecule has 0 radical (unpaired) electrons. The van der Waals surface area contributed by atoms with Crippen molar-refractivity contribution in [2.45, 2.75) is 13.1 Å². The standard InChI is InChI=1S/C19H17F2N3O/c20-17-5-4-16(9-18(17)21)12-24-7-6-23(13-19(24)25)11-15-3-1-2-14(8-15)10-22/h1-5,8-9H,6-7,11-13H2. The van der Waals surface area contributed by atoms with Gasteiger partial charge in [0.15, 0.2) is 11.6 Å². The summed E-state index contributed by atoms with van der Waals surface area (Å²) in [4.78, 5) is 16.0. The Balaban J connectivity index is 1.59. The fourth-order valence-corrected chi connectivity index (χ4v) is 2.92. The van der Waals surface area contributed by atoms with Gasteiger partial charge in [0.1, 0.15) is 0 Å². The zero-order valence-corrected chi connectivity index (χ0v) is 13.6. The third-order valence-electron chi connectivity index (χ3n) is 4.22. The number of hydrogen-bond donors (Lipinski definition) is 0. The molecule has 6 heteroatoms. The van der Waals surface area contributed by atoms with Gasteiger partial charge >= 0.3 is 0 Å². The smallest absolute Gasteiger partial charge is 0.237 e. The quantitative estimate of drug-likeness (QED) is 0.859. The lowest BCUT2D eigenvalue weighted by Crippen LogP contribution is -2.49. The first-order valence-corrected chi connectivity index (χ1v) is 7.98. The summed E-state index contributed by atoms with van der Waals surface area (Å²) in [5, 5.41) is 8.95. The Morgan fingerprint density at radius 3 is 2.52 bits per heavy atom. The second-order valence-electron chi connectivity index (χ2n) is 6.09. The van der Waals surface area contributed by atoms with E-state index in [-0.39, 0.29) is 19.0 Å². The fraction of sp³-hybridized carbons (Fsp3) is 0.263. The minimum Gasteiger partial charge on any atom is -0.336 e. The van der Waals surface area contributed by atoms with Gasteiger partial charge in [-0.2, -0.15) is 5.26 Å². The monoisotopic (exact) mass is 341 g/mol. The summed E-state index contributed by atoms with van der Waals surface area (Å²) < 4.78 is 26.3. The van der Waals surface area contributed by atoms with Crippen molar-refractivity contribution in [3.8, 4) is 6.07 Å². The molecule has 0 bridgehead atoms. The number of hydrogen-bond acceptors (Lipinski definition) is 3. The van der Waals surface area contributed by atoms with Crippen LogP contribution in [0.5, 0.6) is 0 Å². The van der Waals surface area contributed by atoms with Gasteiger partial charge in [-0.3, -0.25) is 9.69 Å². The van der Waals surface area contributed by atoms with Crippen LogP contribution in [-0.4, -0.2) is 35.3 Å². The summed E-state index contributed by atoms with van der Waals surface area (Å²) in [6.45, 7) is 2.34. The van der Waals surface area contributed by atoms with Crippen molar-refractivity contribution >= 4 is 5.91 Å². The van der Waals surface area contributed by atoms with E-state index in [0.29, 0.717) is 30.8 Å². The van der Waals surface area contributed by atoms with Crippen LogP contribution in [0.2, 0.25) is 0 Å². The summed E-state index contributed by atoms with van der Waals surface area (Å²) in [7, 11) is 0. The molecule has 0 aliphatic carbocycles. The number of halogens is 2. The first kappa shape index (κ1) is 17.1. The molecule has 1 heterocycles. The van der Waals surface area contributed by atoms with Crippen LogP contribution in [0.3, 0.4) is 0 Å². The van der Waals surface area contributed by atoms with Gasteiger partial charge in [-0.1, -0.05) is 18.2 Å². The number of carbonyl (C=O) groups is 1. The fourth-order valence-electron chi connectivity index (χ4n) is 2.92. The lowest BCUT2D eigenvalue weighted by atomic mass is 10.1. The van der Waals surface area contributed by atoms with Gasteiger partial charge in [0.25, 0.3) is 0 Å². The zero-order valence-electron chi connectivity index (χ0n) is 13.6. The number of piperazine rings is 1. The van der Waals surface area contributed by atoms with E-state index in [1.165, 1.54) is 6.07 Å². The second kappa shape index (κ2) is 7.41. The van der Waals surface area contributed by atoms with Gasteiger partial charge in [0, 0.05) is 26.2 Å². The molecule has 0 atom stereocenters. The molecule has 128 valence electrons. The molecule has 0 aromatic heterocycles. The average Bonchev–Trinajstić information content (AvgIpc) is 2.61. The van der Waals surface area contributed by atoms with Crippen LogP contribution in [0.4, 0.5) is 8.78 Å². The van der Waals surface area contributed by atoms with Crippen LogP contribution < -0.4 is 0 Å². The molecule has 1 amide bonds. The highest BCUT2D eigenvalue weighted by Gasteiger charge is 2.24. The van der Waals surface area contributed by atoms with Crippen molar-refractivity contribution in [2.24, 2.45) is 0 Å². The minimum absolute atomic E-state index is 0.0487. The summed E-state index contributed by atoms with van der Waals surface area (Å²) >= 11 is 0. The Bertz CT molecular complexity index is 832. The molecule has 1 saturated heterocycles. The Morgan fingerprint density at radius 1 is 1.00 bits per heavy atom. The van der Waals surface area contributed by atoms with E-state index in [2.05, 4.69) is 6.07 Å². The minimum atomic E-state index is -0.902. The third-order valence-corrected chi connectivity index (χ3v) is 4.22. The van der Waals surface area contributed by atoms with Crippen molar-refractivity contribution in [3.05, 3.63) is 70.8 Å². The van der Waals surface area contributed by atoms with Gasteiger partial charge < -0.3 is 4.90 Å². The van der Waals surface area contributed by atoms with Crippen LogP contribution in [0.15, 0.2) is 42.5 Å². The Morgan fingerprint density at radius 2 is 1.80 bits per heavy atom. The molecule has 1 aliphatic heterocycles. The van der Waals surface area contributed by atoms with Crippen LogP contribution >= 0.6 is 0 Å². The van der Waals surface area contributed by atoms with Crippen LogP contribution in [0.25, 0.3) is 0 Å². The predicted octanol–water partition coefficient (Wildman–Crippen LogP) is 2.68. The van der Waals surface area contributed by atoms with Gasteiger partial charge in [-0.25, -0.2) is 8.78 Å². The Labute approximate surface area is 144 Å². The number of carbonyl (C=O) groups excluding carboxylic acids is 1. The lowest BCUT2D eigenvalue weighted by Gasteiger charge is -2.34. The van der Waals surface area contributed by atoms with Crippen molar-refractivity contribution in [2.75, 3.05) is 19.6 Å². The molecular weight excluding hydrogens is 324 g/mol. The molecular formula is C19H17F2N3O. The zero-order chi connectivity index (χ0) is 17.8. The van der Waals surface area contributed by atoms with Gasteiger partial charge in [0.05, 0.1) is 18.2 Å². The number of amides is 1. The number of nitrogens with zero attached hydrogens (tertiary/aromatic N) is 3. The molecule has 1 fully saturated rings. The van der Waals surface area contributed by atoms with E-state index in [1.54, 1.807) is 11.0 Å². The Kier molecular flexibility index (Phi) is 5.05. The molecule has 3 rings (SSSR count). The maximum absolute atomic E-state index is 13.3. The first-order chi connectivity index (χ1) is 12.0. The van der Waals surface area contributed by atoms with E-state index in [4.69, 9.17) is 5.26 Å². The van der Waals surface area contributed by atoms with Crippen molar-refractivity contribution < 1.29 is 13.6 Å². The number of nitriles is 1. The van der Waals surface area contributed by atoms with Crippen LogP contribution in [0, 0.1) is 23.0 Å². The van der Waals surface area contributed by atoms with Crippen molar-refractivity contribution in [1.82, 2.24) is 9.80 Å². The largest absolute Gasteiger partial charge is 0.336 e. The summed E-state index contributed by atoms with van der Waals surface area (Å²) in [6.07, 6.45) is 0. The van der Waals surface area contributed by atoms with Crippen molar-refractivity contribution in [1.29, 1.82) is 5.26 Å². The predicted molar refractivity (Wildman–Crippen MR) is 88.2 cm³/mol. The van der Waals surface area contributed by atoms with Crippen LogP contribution in [0.1, 0.15) is 16.7 Å². The summed E-state index contributed by atoms with van der Waals surface area (Å²) in [5.74, 6) is -1.84. The highest BCUT2D eigenvalue weighted by atomic mass is 19.2. The molecule has 2 aromatic carbocycles. The number of benzene rings is 2. The summed E-state index contributed by atoms with van der Waals surface area (Å²) in [5.41, 5.74) is 2.16. The molecule has 25 heavy (non-hydrogen) atoms. The molecule has 4 nitrogen and oxygen atoms in total. The van der Waals surface area contributed by atoms with Gasteiger partial charge in [0.2, 0.25) is 5.91 Å². The maximum atomic E-state index is 13.3. The first-order valence-electron chi connectivity index (χ1n) is 7.98. The SMILES string of the molecule is N#Cc1cccc(CN2CCN(Cc3ccc(F)c(F)c3)C(=O)C2)c1. The second-order valence-corrected chi connectivity index (χ2v) is 6.09. The van der Waals surface area contributed by atoms with Gasteiger partial charge in [-0.05, 0) is 35.4 Å². The molecule has 0 unspecified atom stereocenters. The molecule has 0 N–H and O–H groups in total. The molecule has 1 aliphatic rings. The van der Waals surface area contributed by atoms with Crippen molar-refractivity contribution in [3.63, 3.8) is 0 Å². The number of rotatable bonds is 4. The van der Waals surface area contributed by atoms with E-state index in [9.17, 15) is 13.6 Å². The van der Waals surface area contributed by atoms with E-state index in [0.717, 1.165) is 17.7 Å². The highest BCUT2D eigenvalue weighted by molar-refractivity contribution is 5.79. The normalized spacial score (nSPS) is 15.2. The van der Waals surface area contributed by atoms with E-state index < -0.39 is 11.6 Å². The molecule has 0 spiro atoms. The van der Waals surface area contributed by atoms with Gasteiger partial charge in [-0.15, -0.1) is 0 Å². The average molecular weight is 341 g/mol. The van der Waals surface area contributed by atoms with E-state index in [1.807, 2.05) is 23.1 Å². The third kappa shape index (κ3) is 4.20. The Hall–Kier alpha value is -2.78. The summed E-state index contributed by atoms with van der Waals surface area (Å²) in [6, 6.07) is 13.1. The molecule has 2 aromatic rings. The lowest BCUT2D eigenvalue weighted by molar-refractivity contribution is -0.136. The van der Waals surface area contributed by atoms with Crippen LogP contribution in [-0.2, 0) is 17.9 Å². The molecule has 0 saturated carbocycles. The topological polar surface area (TPSA) is 47.3 Å². The highest BCUT2D eigenvalue weighted by Crippen LogP contribution is 2.15. The van der Waals surface area contributed by atoms with E-state index >= 15 is 0 Å². The maximum Gasteiger partial charge on any atom is 0.237 e.